The lowest BCUT2D eigenvalue weighted by molar-refractivity contribution is 0.408. The van der Waals surface area contributed by atoms with Crippen molar-refractivity contribution >= 4 is 16.7 Å². The van der Waals surface area contributed by atoms with Crippen molar-refractivity contribution < 1.29 is 4.74 Å². The smallest absolute Gasteiger partial charge is 0.261 e. The van der Waals surface area contributed by atoms with E-state index in [0.717, 1.165) is 11.3 Å². The highest BCUT2D eigenvalue weighted by molar-refractivity contribution is 5.78. The van der Waals surface area contributed by atoms with Crippen molar-refractivity contribution in [1.29, 1.82) is 0 Å². The largest absolute Gasteiger partial charge is 0.496 e. The molecule has 7 nitrogen and oxygen atoms in total. The highest BCUT2D eigenvalue weighted by atomic mass is 16.5. The van der Waals surface area contributed by atoms with Gasteiger partial charge in [0.1, 0.15) is 12.1 Å². The third-order valence-electron chi connectivity index (χ3n) is 3.78. The lowest BCUT2D eigenvalue weighted by Gasteiger charge is -2.11. The number of aromatic nitrogens is 5. The molecule has 0 fully saturated rings. The number of methoxy groups -OCH3 is 1. The van der Waals surface area contributed by atoms with E-state index in [1.165, 1.54) is 6.33 Å². The first-order valence-electron chi connectivity index (χ1n) is 7.08. The van der Waals surface area contributed by atoms with E-state index in [1.54, 1.807) is 28.6 Å². The molecule has 1 aromatic carbocycles. The Balaban J connectivity index is 1.87. The zero-order valence-electron chi connectivity index (χ0n) is 12.4. The van der Waals surface area contributed by atoms with Gasteiger partial charge in [0, 0.05) is 18.0 Å². The second kappa shape index (κ2) is 5.20. The van der Waals surface area contributed by atoms with Gasteiger partial charge in [-0.05, 0) is 12.1 Å². The van der Waals surface area contributed by atoms with Gasteiger partial charge in [-0.15, -0.1) is 0 Å². The minimum Gasteiger partial charge on any atom is -0.496 e. The molecule has 0 aliphatic rings. The first-order valence-corrected chi connectivity index (χ1v) is 7.08. The van der Waals surface area contributed by atoms with Crippen molar-refractivity contribution in [3.63, 3.8) is 0 Å². The summed E-state index contributed by atoms with van der Waals surface area (Å²) in [5.74, 6) is 1.23. The summed E-state index contributed by atoms with van der Waals surface area (Å²) in [4.78, 5) is 20.9. The molecule has 3 heterocycles. The van der Waals surface area contributed by atoms with Crippen LogP contribution in [-0.2, 0) is 6.54 Å². The predicted octanol–water partition coefficient (Wildman–Crippen LogP) is 1.50. The van der Waals surface area contributed by atoms with Gasteiger partial charge in [-0.2, -0.15) is 14.6 Å². The highest BCUT2D eigenvalue weighted by Crippen LogP contribution is 2.18. The minimum atomic E-state index is -0.127. The zero-order chi connectivity index (χ0) is 15.8. The Bertz CT molecular complexity index is 1070. The van der Waals surface area contributed by atoms with E-state index < -0.39 is 0 Å². The van der Waals surface area contributed by atoms with Gasteiger partial charge in [-0.1, -0.05) is 18.2 Å². The molecule has 0 atom stereocenters. The Kier molecular flexibility index (Phi) is 3.04. The maximum atomic E-state index is 12.7. The minimum absolute atomic E-state index is 0.127. The topological polar surface area (TPSA) is 74.3 Å². The van der Waals surface area contributed by atoms with Gasteiger partial charge in [-0.25, -0.2) is 4.98 Å². The van der Waals surface area contributed by atoms with Gasteiger partial charge in [0.15, 0.2) is 0 Å². The van der Waals surface area contributed by atoms with E-state index in [4.69, 9.17) is 4.74 Å². The van der Waals surface area contributed by atoms with Gasteiger partial charge in [-0.3, -0.25) is 4.79 Å². The molecule has 3 aromatic heterocycles. The van der Waals surface area contributed by atoms with Crippen molar-refractivity contribution in [3.8, 4) is 5.75 Å². The van der Waals surface area contributed by atoms with Crippen LogP contribution in [0.1, 0.15) is 5.56 Å². The standard InChI is InChI=1S/C16H13N5O2/c1-23-14-5-3-2-4-11(14)9-20-7-6-13-12(15(20)22)8-17-16-18-10-19-21(13)16/h2-8,10H,9H2,1H3. The summed E-state index contributed by atoms with van der Waals surface area (Å²) in [7, 11) is 1.62. The zero-order valence-corrected chi connectivity index (χ0v) is 12.4. The van der Waals surface area contributed by atoms with Crippen LogP contribution >= 0.6 is 0 Å². The van der Waals surface area contributed by atoms with Gasteiger partial charge < -0.3 is 9.30 Å². The van der Waals surface area contributed by atoms with E-state index >= 15 is 0 Å². The number of benzene rings is 1. The first-order chi connectivity index (χ1) is 11.3. The third-order valence-corrected chi connectivity index (χ3v) is 3.78. The summed E-state index contributed by atoms with van der Waals surface area (Å²) in [6.07, 6.45) is 4.71. The number of hydrogen-bond donors (Lipinski definition) is 0. The molecule has 4 rings (SSSR count). The van der Waals surface area contributed by atoms with Gasteiger partial charge in [0.25, 0.3) is 11.3 Å². The fraction of sp³-hybridized carbons (Fsp3) is 0.125. The van der Waals surface area contributed by atoms with Gasteiger partial charge >= 0.3 is 0 Å². The van der Waals surface area contributed by atoms with Crippen LogP contribution in [0.4, 0.5) is 0 Å². The average molecular weight is 307 g/mol. The van der Waals surface area contributed by atoms with Gasteiger partial charge in [0.05, 0.1) is 24.6 Å². The Morgan fingerprint density at radius 2 is 2.04 bits per heavy atom. The third kappa shape index (κ3) is 2.13. The summed E-state index contributed by atoms with van der Waals surface area (Å²) in [6, 6.07) is 9.48. The van der Waals surface area contributed by atoms with Crippen molar-refractivity contribution in [1.82, 2.24) is 24.1 Å². The maximum absolute atomic E-state index is 12.7. The second-order valence-corrected chi connectivity index (χ2v) is 5.09. The van der Waals surface area contributed by atoms with Crippen LogP contribution < -0.4 is 10.3 Å². The van der Waals surface area contributed by atoms with E-state index in [0.29, 0.717) is 23.2 Å². The van der Waals surface area contributed by atoms with Crippen LogP contribution in [0.25, 0.3) is 16.7 Å². The molecule has 0 aliphatic carbocycles. The van der Waals surface area contributed by atoms with Crippen LogP contribution in [0.3, 0.4) is 0 Å². The lowest BCUT2D eigenvalue weighted by atomic mass is 10.2. The molecule has 0 saturated carbocycles. The molecule has 0 unspecified atom stereocenters. The molecular formula is C16H13N5O2. The Morgan fingerprint density at radius 3 is 2.91 bits per heavy atom. The molecule has 0 bridgehead atoms. The average Bonchev–Trinajstić information content (AvgIpc) is 3.06. The number of ether oxygens (including phenoxy) is 1. The number of nitrogens with zero attached hydrogens (tertiary/aromatic N) is 5. The number of rotatable bonds is 3. The molecule has 0 spiro atoms. The Hall–Kier alpha value is -3.22. The molecule has 0 N–H and O–H groups in total. The summed E-state index contributed by atoms with van der Waals surface area (Å²) in [5, 5.41) is 4.60. The monoisotopic (exact) mass is 307 g/mol. The van der Waals surface area contributed by atoms with Crippen LogP contribution in [0.5, 0.6) is 5.75 Å². The Morgan fingerprint density at radius 1 is 1.17 bits per heavy atom. The predicted molar refractivity (Wildman–Crippen MR) is 84.6 cm³/mol. The van der Waals surface area contributed by atoms with Gasteiger partial charge in [0.2, 0.25) is 0 Å². The molecule has 7 heteroatoms. The fourth-order valence-electron chi connectivity index (χ4n) is 2.65. The second-order valence-electron chi connectivity index (χ2n) is 5.09. The van der Waals surface area contributed by atoms with Crippen molar-refractivity contribution in [2.45, 2.75) is 6.54 Å². The molecule has 0 saturated heterocycles. The normalized spacial score (nSPS) is 11.2. The lowest BCUT2D eigenvalue weighted by Crippen LogP contribution is -2.21. The highest BCUT2D eigenvalue weighted by Gasteiger charge is 2.10. The summed E-state index contributed by atoms with van der Waals surface area (Å²) >= 11 is 0. The molecule has 0 aliphatic heterocycles. The molecular weight excluding hydrogens is 294 g/mol. The van der Waals surface area contributed by atoms with Crippen molar-refractivity contribution in [3.05, 3.63) is 65.0 Å². The molecule has 4 aromatic rings. The van der Waals surface area contributed by atoms with Crippen LogP contribution in [0.15, 0.2) is 53.8 Å². The molecule has 0 radical (unpaired) electrons. The number of pyridine rings is 1. The number of hydrogen-bond acceptors (Lipinski definition) is 5. The van der Waals surface area contributed by atoms with E-state index in [1.807, 2.05) is 30.3 Å². The summed E-state index contributed by atoms with van der Waals surface area (Å²) in [5.41, 5.74) is 1.50. The van der Waals surface area contributed by atoms with E-state index in [-0.39, 0.29) is 5.56 Å². The van der Waals surface area contributed by atoms with Crippen LogP contribution in [-0.4, -0.2) is 31.3 Å². The maximum Gasteiger partial charge on any atom is 0.261 e. The van der Waals surface area contributed by atoms with Crippen molar-refractivity contribution in [2.75, 3.05) is 7.11 Å². The first kappa shape index (κ1) is 13.4. The van der Waals surface area contributed by atoms with E-state index in [9.17, 15) is 4.79 Å². The Labute approximate surface area is 130 Å². The summed E-state index contributed by atoms with van der Waals surface area (Å²) < 4.78 is 8.53. The number of para-hydroxylation sites is 1. The van der Waals surface area contributed by atoms with Crippen LogP contribution in [0, 0.1) is 0 Å². The molecule has 114 valence electrons. The summed E-state index contributed by atoms with van der Waals surface area (Å²) in [6.45, 7) is 0.425. The van der Waals surface area contributed by atoms with Crippen LogP contribution in [0.2, 0.25) is 0 Å². The number of fused-ring (bicyclic) bond motifs is 3. The fourth-order valence-corrected chi connectivity index (χ4v) is 2.65. The SMILES string of the molecule is COc1ccccc1Cn1ccc2c(cnc3ncnn32)c1=O. The quantitative estimate of drug-likeness (QED) is 0.573. The van der Waals surface area contributed by atoms with E-state index in [2.05, 4.69) is 15.1 Å². The van der Waals surface area contributed by atoms with Crippen molar-refractivity contribution in [2.24, 2.45) is 0 Å². The molecule has 23 heavy (non-hydrogen) atoms. The molecule has 0 amide bonds.